The second-order valence-corrected chi connectivity index (χ2v) is 2.88. The van der Waals surface area contributed by atoms with Crippen LogP contribution < -0.4 is 10.1 Å². The van der Waals surface area contributed by atoms with Crippen LogP contribution in [0.4, 0.5) is 0 Å². The summed E-state index contributed by atoms with van der Waals surface area (Å²) in [6, 6.07) is 4.86. The largest absolute Gasteiger partial charge is 0.504 e. The Morgan fingerprint density at radius 1 is 1.53 bits per heavy atom. The summed E-state index contributed by atoms with van der Waals surface area (Å²) in [5, 5.41) is 11.8. The molecule has 80 valence electrons. The van der Waals surface area contributed by atoms with E-state index in [9.17, 15) is 9.90 Å². The molecular formula is C11H13NO3. The first-order valence-corrected chi connectivity index (χ1v) is 4.44. The molecule has 0 saturated heterocycles. The smallest absolute Gasteiger partial charge is 0.243 e. The third-order valence-corrected chi connectivity index (χ3v) is 1.88. The Morgan fingerprint density at radius 3 is 2.87 bits per heavy atom. The summed E-state index contributed by atoms with van der Waals surface area (Å²) in [7, 11) is 3.03. The van der Waals surface area contributed by atoms with Crippen molar-refractivity contribution in [1.82, 2.24) is 5.32 Å². The van der Waals surface area contributed by atoms with Crippen molar-refractivity contribution in [3.63, 3.8) is 0 Å². The van der Waals surface area contributed by atoms with Crippen molar-refractivity contribution in [2.24, 2.45) is 0 Å². The molecule has 15 heavy (non-hydrogen) atoms. The second kappa shape index (κ2) is 5.05. The molecule has 0 bridgehead atoms. The summed E-state index contributed by atoms with van der Waals surface area (Å²) in [4.78, 5) is 10.9. The van der Waals surface area contributed by atoms with Crippen LogP contribution in [0.15, 0.2) is 24.3 Å². The van der Waals surface area contributed by atoms with Crippen molar-refractivity contribution in [2.45, 2.75) is 0 Å². The van der Waals surface area contributed by atoms with E-state index in [1.165, 1.54) is 19.3 Å². The second-order valence-electron chi connectivity index (χ2n) is 2.88. The molecule has 2 N–H and O–H groups in total. The zero-order chi connectivity index (χ0) is 11.3. The molecule has 0 spiro atoms. The Hall–Kier alpha value is -1.97. The normalized spacial score (nSPS) is 10.3. The van der Waals surface area contributed by atoms with Gasteiger partial charge in [-0.25, -0.2) is 0 Å². The number of nitrogens with one attached hydrogen (secondary N) is 1. The molecule has 0 unspecified atom stereocenters. The molecular weight excluding hydrogens is 194 g/mol. The highest BCUT2D eigenvalue weighted by atomic mass is 16.5. The minimum absolute atomic E-state index is 0.0783. The highest BCUT2D eigenvalue weighted by Crippen LogP contribution is 2.26. The lowest BCUT2D eigenvalue weighted by molar-refractivity contribution is -0.115. The van der Waals surface area contributed by atoms with Gasteiger partial charge >= 0.3 is 0 Å². The van der Waals surface area contributed by atoms with Gasteiger partial charge in [-0.1, -0.05) is 6.07 Å². The summed E-state index contributed by atoms with van der Waals surface area (Å²) >= 11 is 0. The number of methoxy groups -OCH3 is 1. The third-order valence-electron chi connectivity index (χ3n) is 1.88. The molecule has 0 fully saturated rings. The molecule has 4 heteroatoms. The molecule has 0 saturated carbocycles. The van der Waals surface area contributed by atoms with Crippen LogP contribution in [0.1, 0.15) is 5.56 Å². The standard InChI is InChI=1S/C11H13NO3/c1-12-11(14)6-4-8-3-5-9(13)10(7-8)15-2/h3-7,13H,1-2H3,(H,12,14). The van der Waals surface area contributed by atoms with E-state index in [4.69, 9.17) is 4.74 Å². The third kappa shape index (κ3) is 3.02. The minimum Gasteiger partial charge on any atom is -0.504 e. The molecule has 1 amide bonds. The van der Waals surface area contributed by atoms with Crippen molar-refractivity contribution in [2.75, 3.05) is 14.2 Å². The number of carbonyl (C=O) groups is 1. The van der Waals surface area contributed by atoms with Crippen molar-refractivity contribution < 1.29 is 14.6 Å². The molecule has 0 aromatic heterocycles. The average Bonchev–Trinajstić information content (AvgIpc) is 2.27. The molecule has 0 aliphatic heterocycles. The lowest BCUT2D eigenvalue weighted by Crippen LogP contribution is -2.13. The number of amides is 1. The van der Waals surface area contributed by atoms with Gasteiger partial charge in [0.2, 0.25) is 5.91 Å². The fourth-order valence-electron chi connectivity index (χ4n) is 1.05. The number of aromatic hydroxyl groups is 1. The number of benzene rings is 1. The van der Waals surface area contributed by atoms with Crippen molar-refractivity contribution in [1.29, 1.82) is 0 Å². The number of ether oxygens (including phenoxy) is 1. The summed E-state index contributed by atoms with van der Waals surface area (Å²) in [5.74, 6) is 0.283. The quantitative estimate of drug-likeness (QED) is 0.731. The Morgan fingerprint density at radius 2 is 2.27 bits per heavy atom. The molecule has 4 nitrogen and oxygen atoms in total. The van der Waals surface area contributed by atoms with Gasteiger partial charge in [-0.2, -0.15) is 0 Å². The maximum Gasteiger partial charge on any atom is 0.243 e. The van der Waals surface area contributed by atoms with Gasteiger partial charge in [0.15, 0.2) is 11.5 Å². The van der Waals surface area contributed by atoms with Gasteiger partial charge in [0, 0.05) is 13.1 Å². The summed E-state index contributed by atoms with van der Waals surface area (Å²) in [6.45, 7) is 0. The molecule has 1 rings (SSSR count). The van der Waals surface area contributed by atoms with E-state index in [1.54, 1.807) is 25.3 Å². The van der Waals surface area contributed by atoms with Crippen LogP contribution in [0.25, 0.3) is 6.08 Å². The van der Waals surface area contributed by atoms with E-state index in [1.807, 2.05) is 0 Å². The predicted molar refractivity (Wildman–Crippen MR) is 57.8 cm³/mol. The number of hydrogen-bond donors (Lipinski definition) is 2. The maximum absolute atomic E-state index is 10.9. The minimum atomic E-state index is -0.179. The SMILES string of the molecule is CNC(=O)C=Cc1ccc(O)c(OC)c1. The molecule has 0 radical (unpaired) electrons. The first-order valence-electron chi connectivity index (χ1n) is 4.44. The fourth-order valence-corrected chi connectivity index (χ4v) is 1.05. The number of hydrogen-bond acceptors (Lipinski definition) is 3. The van der Waals surface area contributed by atoms with Crippen LogP contribution in [0, 0.1) is 0 Å². The number of likely N-dealkylation sites (N-methyl/N-ethyl adjacent to an activating group) is 1. The van der Waals surface area contributed by atoms with E-state index in [0.29, 0.717) is 5.75 Å². The van der Waals surface area contributed by atoms with E-state index < -0.39 is 0 Å². The fraction of sp³-hybridized carbons (Fsp3) is 0.182. The van der Waals surface area contributed by atoms with Crippen LogP contribution in [0.2, 0.25) is 0 Å². The van der Waals surface area contributed by atoms with Crippen molar-refractivity contribution >= 4 is 12.0 Å². The number of phenolic OH excluding ortho intramolecular Hbond substituents is 1. The molecule has 0 aliphatic rings. The van der Waals surface area contributed by atoms with E-state index in [-0.39, 0.29) is 11.7 Å². The van der Waals surface area contributed by atoms with Crippen molar-refractivity contribution in [3.05, 3.63) is 29.8 Å². The summed E-state index contributed by atoms with van der Waals surface area (Å²) < 4.78 is 4.93. The topological polar surface area (TPSA) is 58.6 Å². The van der Waals surface area contributed by atoms with Crippen molar-refractivity contribution in [3.8, 4) is 11.5 Å². The lowest BCUT2D eigenvalue weighted by Gasteiger charge is -2.03. The van der Waals surface area contributed by atoms with Gasteiger partial charge < -0.3 is 15.2 Å². The molecule has 0 heterocycles. The van der Waals surface area contributed by atoms with E-state index in [2.05, 4.69) is 5.32 Å². The maximum atomic E-state index is 10.9. The van der Waals surface area contributed by atoms with Gasteiger partial charge in [-0.3, -0.25) is 4.79 Å². The molecule has 1 aromatic carbocycles. The van der Waals surface area contributed by atoms with Crippen LogP contribution in [-0.4, -0.2) is 25.2 Å². The zero-order valence-corrected chi connectivity index (χ0v) is 8.65. The van der Waals surface area contributed by atoms with Crippen LogP contribution in [-0.2, 0) is 4.79 Å². The van der Waals surface area contributed by atoms with Gasteiger partial charge in [-0.15, -0.1) is 0 Å². The number of carbonyl (C=O) groups excluding carboxylic acids is 1. The van der Waals surface area contributed by atoms with Crippen LogP contribution in [0.3, 0.4) is 0 Å². The first kappa shape index (κ1) is 11.1. The monoisotopic (exact) mass is 207 g/mol. The number of rotatable bonds is 3. The molecule has 0 atom stereocenters. The summed E-state index contributed by atoms with van der Waals surface area (Å²) in [6.07, 6.45) is 3.05. The Kier molecular flexibility index (Phi) is 3.74. The lowest BCUT2D eigenvalue weighted by atomic mass is 10.2. The Balaban J connectivity index is 2.87. The van der Waals surface area contributed by atoms with Gasteiger partial charge in [0.1, 0.15) is 0 Å². The van der Waals surface area contributed by atoms with Gasteiger partial charge in [0.05, 0.1) is 7.11 Å². The molecule has 0 aliphatic carbocycles. The van der Waals surface area contributed by atoms with E-state index in [0.717, 1.165) is 5.56 Å². The zero-order valence-electron chi connectivity index (χ0n) is 8.65. The number of phenols is 1. The summed E-state index contributed by atoms with van der Waals surface area (Å²) in [5.41, 5.74) is 0.785. The molecule has 1 aromatic rings. The van der Waals surface area contributed by atoms with E-state index >= 15 is 0 Å². The highest BCUT2D eigenvalue weighted by Gasteiger charge is 2.00. The highest BCUT2D eigenvalue weighted by molar-refractivity contribution is 5.91. The Bertz CT molecular complexity index is 385. The predicted octanol–water partition coefficient (Wildman–Crippen LogP) is 1.16. The average molecular weight is 207 g/mol. The van der Waals surface area contributed by atoms with Gasteiger partial charge in [-0.05, 0) is 23.8 Å². The van der Waals surface area contributed by atoms with Crippen LogP contribution in [0.5, 0.6) is 11.5 Å². The van der Waals surface area contributed by atoms with Gasteiger partial charge in [0.25, 0.3) is 0 Å². The Labute approximate surface area is 88.2 Å². The first-order chi connectivity index (χ1) is 7.17. The van der Waals surface area contributed by atoms with Crippen LogP contribution >= 0.6 is 0 Å².